The molecule has 156 valence electrons. The van der Waals surface area contributed by atoms with Gasteiger partial charge < -0.3 is 19.5 Å². The number of esters is 1. The van der Waals surface area contributed by atoms with Crippen LogP contribution < -0.4 is 14.8 Å². The lowest BCUT2D eigenvalue weighted by Gasteiger charge is -2.19. The first-order valence-electron chi connectivity index (χ1n) is 8.97. The van der Waals surface area contributed by atoms with E-state index in [1.54, 1.807) is 12.1 Å². The maximum absolute atomic E-state index is 12.5. The number of hydrogen-bond acceptors (Lipinski definition) is 8. The monoisotopic (exact) mass is 414 g/mol. The van der Waals surface area contributed by atoms with Gasteiger partial charge in [-0.05, 0) is 38.1 Å². The standard InChI is InChI=1S/C20H18N2O8/c1-11(23)13-3-5-14(6-4-13)21-19(24)12(2)30-20(25)15-9-17-18(29-8-7-28-17)10-16(15)22(26)27/h3-6,9-10,12H,7-8H2,1-2H3,(H,21,24)/t12-/m0/s1. The SMILES string of the molecule is CC(=O)c1ccc(NC(=O)[C@H](C)OC(=O)c2cc3c(cc2[N+](=O)[O-])OCCO3)cc1. The Kier molecular flexibility index (Phi) is 5.95. The molecule has 0 aliphatic carbocycles. The number of ketones is 1. The van der Waals surface area contributed by atoms with E-state index in [1.807, 2.05) is 0 Å². The Morgan fingerprint density at radius 1 is 1.10 bits per heavy atom. The fourth-order valence-electron chi connectivity index (χ4n) is 2.70. The summed E-state index contributed by atoms with van der Waals surface area (Å²) in [4.78, 5) is 46.7. The summed E-state index contributed by atoms with van der Waals surface area (Å²) < 4.78 is 15.7. The van der Waals surface area contributed by atoms with Gasteiger partial charge in [-0.25, -0.2) is 4.79 Å². The third-order valence-corrected chi connectivity index (χ3v) is 4.29. The summed E-state index contributed by atoms with van der Waals surface area (Å²) in [5.41, 5.74) is 0.0167. The van der Waals surface area contributed by atoms with Crippen molar-refractivity contribution in [2.45, 2.75) is 20.0 Å². The van der Waals surface area contributed by atoms with Crippen molar-refractivity contribution in [1.82, 2.24) is 0 Å². The topological polar surface area (TPSA) is 134 Å². The summed E-state index contributed by atoms with van der Waals surface area (Å²) >= 11 is 0. The molecule has 3 rings (SSSR count). The molecule has 10 nitrogen and oxygen atoms in total. The molecule has 0 radical (unpaired) electrons. The number of carbonyl (C=O) groups is 3. The molecule has 10 heteroatoms. The van der Waals surface area contributed by atoms with Crippen LogP contribution in [0.3, 0.4) is 0 Å². The molecule has 1 N–H and O–H groups in total. The van der Waals surface area contributed by atoms with E-state index < -0.39 is 28.6 Å². The molecule has 30 heavy (non-hydrogen) atoms. The van der Waals surface area contributed by atoms with Crippen LogP contribution in [0.2, 0.25) is 0 Å². The molecule has 1 aliphatic rings. The van der Waals surface area contributed by atoms with E-state index in [9.17, 15) is 24.5 Å². The summed E-state index contributed by atoms with van der Waals surface area (Å²) in [5.74, 6) is -1.46. The smallest absolute Gasteiger partial charge is 0.346 e. The molecule has 0 unspecified atom stereocenters. The van der Waals surface area contributed by atoms with Gasteiger partial charge in [-0.2, -0.15) is 0 Å². The molecule has 0 saturated carbocycles. The van der Waals surface area contributed by atoms with Crippen molar-refractivity contribution in [3.05, 3.63) is 57.6 Å². The van der Waals surface area contributed by atoms with Crippen LogP contribution in [-0.4, -0.2) is 41.9 Å². The second-order valence-corrected chi connectivity index (χ2v) is 6.44. The van der Waals surface area contributed by atoms with Crippen LogP contribution in [-0.2, 0) is 9.53 Å². The zero-order valence-corrected chi connectivity index (χ0v) is 16.2. The van der Waals surface area contributed by atoms with Gasteiger partial charge in [0.05, 0.1) is 11.0 Å². The van der Waals surface area contributed by atoms with E-state index in [4.69, 9.17) is 14.2 Å². The number of ether oxygens (including phenoxy) is 3. The van der Waals surface area contributed by atoms with Crippen LogP contribution in [0.5, 0.6) is 11.5 Å². The van der Waals surface area contributed by atoms with Crippen molar-refractivity contribution < 1.29 is 33.5 Å². The minimum absolute atomic E-state index is 0.115. The number of nitro groups is 1. The van der Waals surface area contributed by atoms with Crippen LogP contribution in [0, 0.1) is 10.1 Å². The summed E-state index contributed by atoms with van der Waals surface area (Å²) in [6.07, 6.45) is -1.24. The number of carbonyl (C=O) groups excluding carboxylic acids is 3. The lowest BCUT2D eigenvalue weighted by atomic mass is 10.1. The van der Waals surface area contributed by atoms with Gasteiger partial charge in [-0.1, -0.05) is 0 Å². The molecular formula is C20H18N2O8. The van der Waals surface area contributed by atoms with E-state index in [-0.39, 0.29) is 36.1 Å². The van der Waals surface area contributed by atoms with Gasteiger partial charge >= 0.3 is 5.97 Å². The molecule has 2 aromatic rings. The lowest BCUT2D eigenvalue weighted by Crippen LogP contribution is -2.30. The average molecular weight is 414 g/mol. The molecule has 0 fully saturated rings. The lowest BCUT2D eigenvalue weighted by molar-refractivity contribution is -0.385. The molecule has 1 atom stereocenters. The third-order valence-electron chi connectivity index (χ3n) is 4.29. The first-order chi connectivity index (χ1) is 14.3. The average Bonchev–Trinajstić information content (AvgIpc) is 2.72. The number of rotatable bonds is 6. The minimum atomic E-state index is -1.24. The van der Waals surface area contributed by atoms with Gasteiger partial charge in [0.1, 0.15) is 18.8 Å². The van der Waals surface area contributed by atoms with E-state index in [2.05, 4.69) is 5.32 Å². The molecule has 2 aromatic carbocycles. The second-order valence-electron chi connectivity index (χ2n) is 6.44. The molecule has 1 amide bonds. The van der Waals surface area contributed by atoms with Gasteiger partial charge in [0, 0.05) is 17.3 Å². The first-order valence-corrected chi connectivity index (χ1v) is 8.97. The number of Topliss-reactive ketones (excluding diaryl/α,β-unsaturated/α-hetero) is 1. The van der Waals surface area contributed by atoms with Gasteiger partial charge in [0.15, 0.2) is 23.4 Å². The highest BCUT2D eigenvalue weighted by Crippen LogP contribution is 2.37. The zero-order chi connectivity index (χ0) is 21.8. The van der Waals surface area contributed by atoms with Gasteiger partial charge in [0.25, 0.3) is 11.6 Å². The highest BCUT2D eigenvalue weighted by Gasteiger charge is 2.29. The third kappa shape index (κ3) is 4.54. The number of nitrogens with one attached hydrogen (secondary N) is 1. The zero-order valence-electron chi connectivity index (χ0n) is 16.2. The van der Waals surface area contributed by atoms with E-state index >= 15 is 0 Å². The number of nitrogens with zero attached hydrogens (tertiary/aromatic N) is 1. The van der Waals surface area contributed by atoms with Gasteiger partial charge in [-0.15, -0.1) is 0 Å². The molecule has 1 heterocycles. The quantitative estimate of drug-likeness (QED) is 0.330. The summed E-state index contributed by atoms with van der Waals surface area (Å²) in [7, 11) is 0. The summed E-state index contributed by atoms with van der Waals surface area (Å²) in [5, 5.41) is 13.9. The van der Waals surface area contributed by atoms with Crippen molar-refractivity contribution in [3.8, 4) is 11.5 Å². The predicted molar refractivity (Wildman–Crippen MR) is 104 cm³/mol. The maximum Gasteiger partial charge on any atom is 0.346 e. The molecule has 0 bridgehead atoms. The number of amides is 1. The Bertz CT molecular complexity index is 1020. The molecular weight excluding hydrogens is 396 g/mol. The Hall–Kier alpha value is -3.95. The summed E-state index contributed by atoms with van der Waals surface area (Å²) in [6.45, 7) is 3.23. The molecule has 0 saturated heterocycles. The van der Waals surface area contributed by atoms with E-state index in [0.29, 0.717) is 11.3 Å². The van der Waals surface area contributed by atoms with Gasteiger partial charge in [-0.3, -0.25) is 19.7 Å². The van der Waals surface area contributed by atoms with E-state index in [0.717, 1.165) is 6.07 Å². The van der Waals surface area contributed by atoms with Crippen molar-refractivity contribution in [2.75, 3.05) is 18.5 Å². The Labute approximate surface area is 170 Å². The van der Waals surface area contributed by atoms with Crippen molar-refractivity contribution in [1.29, 1.82) is 0 Å². The fraction of sp³-hybridized carbons (Fsp3) is 0.250. The number of anilines is 1. The maximum atomic E-state index is 12.5. The molecule has 0 aromatic heterocycles. The van der Waals surface area contributed by atoms with Crippen molar-refractivity contribution in [2.24, 2.45) is 0 Å². The fourth-order valence-corrected chi connectivity index (χ4v) is 2.70. The van der Waals surface area contributed by atoms with Crippen molar-refractivity contribution >= 4 is 29.0 Å². The van der Waals surface area contributed by atoms with Crippen LogP contribution in [0.4, 0.5) is 11.4 Å². The highest BCUT2D eigenvalue weighted by atomic mass is 16.6. The van der Waals surface area contributed by atoms with Crippen molar-refractivity contribution in [3.63, 3.8) is 0 Å². The highest BCUT2D eigenvalue weighted by molar-refractivity contribution is 6.00. The number of fused-ring (bicyclic) bond motifs is 1. The first kappa shape index (κ1) is 20.8. The second kappa shape index (κ2) is 8.60. The van der Waals surface area contributed by atoms with Crippen LogP contribution in [0.15, 0.2) is 36.4 Å². The van der Waals surface area contributed by atoms with Crippen LogP contribution >= 0.6 is 0 Å². The van der Waals surface area contributed by atoms with Crippen LogP contribution in [0.1, 0.15) is 34.6 Å². The van der Waals surface area contributed by atoms with Gasteiger partial charge in [0.2, 0.25) is 0 Å². The Morgan fingerprint density at radius 3 is 2.27 bits per heavy atom. The van der Waals surface area contributed by atoms with E-state index in [1.165, 1.54) is 32.0 Å². The predicted octanol–water partition coefficient (Wildman–Crippen LogP) is 2.75. The Balaban J connectivity index is 1.72. The van der Waals surface area contributed by atoms with Crippen LogP contribution in [0.25, 0.3) is 0 Å². The number of nitro benzene ring substituents is 1. The Morgan fingerprint density at radius 2 is 1.70 bits per heavy atom. The molecule has 1 aliphatic heterocycles. The summed E-state index contributed by atoms with van der Waals surface area (Å²) in [6, 6.07) is 8.43. The normalized spacial score (nSPS) is 13.1. The largest absolute Gasteiger partial charge is 0.486 e. The minimum Gasteiger partial charge on any atom is -0.486 e. The number of benzene rings is 2. The number of hydrogen-bond donors (Lipinski definition) is 1. The molecule has 0 spiro atoms.